The summed E-state index contributed by atoms with van der Waals surface area (Å²) in [6, 6.07) is 15.9. The highest BCUT2D eigenvalue weighted by molar-refractivity contribution is 8.00. The largest absolute Gasteiger partial charge is 0.325 e. The first-order chi connectivity index (χ1) is 12.5. The first kappa shape index (κ1) is 18.0. The van der Waals surface area contributed by atoms with Crippen LogP contribution >= 0.6 is 11.8 Å². The predicted octanol–water partition coefficient (Wildman–Crippen LogP) is 4.76. The number of nitrogens with zero attached hydrogens (tertiary/aromatic N) is 2. The molecule has 0 spiro atoms. The second kappa shape index (κ2) is 7.59. The third-order valence-corrected chi connectivity index (χ3v) is 5.13. The van der Waals surface area contributed by atoms with Crippen molar-refractivity contribution in [1.29, 1.82) is 5.26 Å². The van der Waals surface area contributed by atoms with E-state index in [0.717, 1.165) is 33.3 Å². The van der Waals surface area contributed by atoms with Gasteiger partial charge in [-0.3, -0.25) is 4.79 Å². The monoisotopic (exact) mass is 361 g/mol. The van der Waals surface area contributed by atoms with Crippen molar-refractivity contribution >= 4 is 34.3 Å². The summed E-state index contributed by atoms with van der Waals surface area (Å²) in [6.07, 6.45) is 0. The number of aryl methyl sites for hydroxylation is 3. The van der Waals surface area contributed by atoms with Crippen molar-refractivity contribution in [2.24, 2.45) is 0 Å². The Balaban J connectivity index is 1.78. The van der Waals surface area contributed by atoms with E-state index in [1.54, 1.807) is 0 Å². The van der Waals surface area contributed by atoms with Crippen molar-refractivity contribution in [3.05, 3.63) is 64.7 Å². The molecular weight excluding hydrogens is 342 g/mol. The van der Waals surface area contributed by atoms with Gasteiger partial charge in [0.2, 0.25) is 5.91 Å². The number of aromatic nitrogens is 1. The fourth-order valence-corrected chi connectivity index (χ4v) is 3.47. The highest BCUT2D eigenvalue weighted by Gasteiger charge is 2.12. The normalized spacial score (nSPS) is 10.5. The van der Waals surface area contributed by atoms with Crippen molar-refractivity contribution in [2.75, 3.05) is 11.1 Å². The zero-order valence-corrected chi connectivity index (χ0v) is 15.8. The maximum absolute atomic E-state index is 12.3. The fraction of sp³-hybridized carbons (Fsp3) is 0.190. The van der Waals surface area contributed by atoms with E-state index in [-0.39, 0.29) is 11.7 Å². The molecule has 2 aromatic carbocycles. The van der Waals surface area contributed by atoms with E-state index in [4.69, 9.17) is 0 Å². The molecule has 3 rings (SSSR count). The summed E-state index contributed by atoms with van der Waals surface area (Å²) in [6.45, 7) is 5.94. The third-order valence-electron chi connectivity index (χ3n) is 4.14. The first-order valence-corrected chi connectivity index (χ1v) is 9.27. The molecule has 0 radical (unpaired) electrons. The van der Waals surface area contributed by atoms with Crippen LogP contribution in [0.5, 0.6) is 0 Å². The quantitative estimate of drug-likeness (QED) is 0.680. The number of pyridine rings is 1. The van der Waals surface area contributed by atoms with Crippen molar-refractivity contribution in [3.63, 3.8) is 0 Å². The highest BCUT2D eigenvalue weighted by atomic mass is 32.2. The number of nitriles is 1. The number of fused-ring (bicyclic) bond motifs is 1. The van der Waals surface area contributed by atoms with Crippen LogP contribution in [0.25, 0.3) is 10.9 Å². The lowest BCUT2D eigenvalue weighted by Crippen LogP contribution is -2.15. The number of hydrogen-bond acceptors (Lipinski definition) is 4. The average Bonchev–Trinajstić information content (AvgIpc) is 2.63. The van der Waals surface area contributed by atoms with Crippen molar-refractivity contribution in [2.45, 2.75) is 25.8 Å². The first-order valence-electron chi connectivity index (χ1n) is 8.28. The zero-order chi connectivity index (χ0) is 18.7. The summed E-state index contributed by atoms with van der Waals surface area (Å²) in [5.74, 6) is 0.0891. The van der Waals surface area contributed by atoms with Crippen LogP contribution in [-0.2, 0) is 4.79 Å². The van der Waals surface area contributed by atoms with Gasteiger partial charge in [-0.1, -0.05) is 42.1 Å². The lowest BCUT2D eigenvalue weighted by molar-refractivity contribution is -0.113. The number of hydrogen-bond donors (Lipinski definition) is 1. The van der Waals surface area contributed by atoms with Gasteiger partial charge in [-0.15, -0.1) is 0 Å². The van der Waals surface area contributed by atoms with Gasteiger partial charge in [-0.2, -0.15) is 5.26 Å². The van der Waals surface area contributed by atoms with E-state index in [2.05, 4.69) is 16.4 Å². The number of thioether (sulfide) groups is 1. The number of carbonyl (C=O) groups excluding carboxylic acids is 1. The fourth-order valence-electron chi connectivity index (χ4n) is 2.71. The summed E-state index contributed by atoms with van der Waals surface area (Å²) in [7, 11) is 0. The van der Waals surface area contributed by atoms with E-state index >= 15 is 0 Å². The summed E-state index contributed by atoms with van der Waals surface area (Å²) >= 11 is 1.29. The van der Waals surface area contributed by atoms with Gasteiger partial charge in [-0.05, 0) is 49.6 Å². The summed E-state index contributed by atoms with van der Waals surface area (Å²) < 4.78 is 0. The van der Waals surface area contributed by atoms with Crippen molar-refractivity contribution in [3.8, 4) is 6.07 Å². The maximum Gasteiger partial charge on any atom is 0.234 e. The van der Waals surface area contributed by atoms with Crippen LogP contribution in [0, 0.1) is 32.1 Å². The number of para-hydroxylation sites is 1. The lowest BCUT2D eigenvalue weighted by atomic mass is 10.1. The molecule has 0 atom stereocenters. The van der Waals surface area contributed by atoms with Gasteiger partial charge in [0.1, 0.15) is 11.1 Å². The van der Waals surface area contributed by atoms with Gasteiger partial charge in [-0.25, -0.2) is 4.98 Å². The van der Waals surface area contributed by atoms with Gasteiger partial charge in [0.25, 0.3) is 0 Å². The number of rotatable bonds is 4. The van der Waals surface area contributed by atoms with Gasteiger partial charge in [0, 0.05) is 11.1 Å². The molecule has 1 amide bonds. The minimum atomic E-state index is -0.112. The second-order valence-electron chi connectivity index (χ2n) is 6.25. The SMILES string of the molecule is Cc1ccc(C)c(NC(=O)CSc2nc3c(C)cccc3cc2C#N)c1. The Morgan fingerprint density at radius 2 is 1.96 bits per heavy atom. The summed E-state index contributed by atoms with van der Waals surface area (Å²) in [4.78, 5) is 17.0. The molecule has 1 N–H and O–H groups in total. The standard InChI is InChI=1S/C21H19N3OS/c1-13-7-8-14(2)18(9-13)23-19(25)12-26-21-17(11-22)10-16-6-4-5-15(3)20(16)24-21/h4-10H,12H2,1-3H3,(H,23,25). The molecule has 0 aliphatic carbocycles. The molecule has 5 heteroatoms. The number of benzene rings is 2. The molecule has 0 unspecified atom stereocenters. The highest BCUT2D eigenvalue weighted by Crippen LogP contribution is 2.26. The Morgan fingerprint density at radius 1 is 1.15 bits per heavy atom. The Hall–Kier alpha value is -2.84. The molecule has 0 aliphatic rings. The molecule has 0 bridgehead atoms. The van der Waals surface area contributed by atoms with Gasteiger partial charge >= 0.3 is 0 Å². The minimum absolute atomic E-state index is 0.112. The van der Waals surface area contributed by atoms with E-state index in [9.17, 15) is 10.1 Å². The average molecular weight is 361 g/mol. The van der Waals surface area contributed by atoms with Crippen LogP contribution in [0.2, 0.25) is 0 Å². The van der Waals surface area contributed by atoms with Crippen LogP contribution in [0.4, 0.5) is 5.69 Å². The molecule has 130 valence electrons. The Bertz CT molecular complexity index is 1040. The third kappa shape index (κ3) is 3.87. The molecule has 26 heavy (non-hydrogen) atoms. The Morgan fingerprint density at radius 3 is 2.73 bits per heavy atom. The van der Waals surface area contributed by atoms with Crippen LogP contribution in [-0.4, -0.2) is 16.6 Å². The van der Waals surface area contributed by atoms with Crippen LogP contribution in [0.1, 0.15) is 22.3 Å². The molecule has 1 heterocycles. The van der Waals surface area contributed by atoms with Crippen molar-refractivity contribution in [1.82, 2.24) is 4.98 Å². The van der Waals surface area contributed by atoms with Crippen LogP contribution in [0.3, 0.4) is 0 Å². The zero-order valence-electron chi connectivity index (χ0n) is 15.0. The predicted molar refractivity (Wildman–Crippen MR) is 106 cm³/mol. The summed E-state index contributed by atoms with van der Waals surface area (Å²) in [5, 5.41) is 13.9. The van der Waals surface area contributed by atoms with Gasteiger partial charge < -0.3 is 5.32 Å². The molecule has 0 fully saturated rings. The topological polar surface area (TPSA) is 65.8 Å². The minimum Gasteiger partial charge on any atom is -0.325 e. The number of carbonyl (C=O) groups is 1. The number of anilines is 1. The molecular formula is C21H19N3OS. The second-order valence-corrected chi connectivity index (χ2v) is 7.22. The smallest absolute Gasteiger partial charge is 0.234 e. The van der Waals surface area contributed by atoms with E-state index < -0.39 is 0 Å². The van der Waals surface area contributed by atoms with Gasteiger partial charge in [0.05, 0.1) is 16.8 Å². The molecule has 3 aromatic rings. The van der Waals surface area contributed by atoms with Crippen LogP contribution < -0.4 is 5.32 Å². The lowest BCUT2D eigenvalue weighted by Gasteiger charge is -2.10. The Labute approximate surface area is 157 Å². The van der Waals surface area contributed by atoms with E-state index in [1.165, 1.54) is 11.8 Å². The Kier molecular flexibility index (Phi) is 5.24. The van der Waals surface area contributed by atoms with Crippen LogP contribution in [0.15, 0.2) is 47.5 Å². The van der Waals surface area contributed by atoms with E-state index in [1.807, 2.05) is 63.2 Å². The van der Waals surface area contributed by atoms with Gasteiger partial charge in [0.15, 0.2) is 0 Å². The maximum atomic E-state index is 12.3. The molecule has 0 saturated heterocycles. The summed E-state index contributed by atoms with van der Waals surface area (Å²) in [5.41, 5.74) is 5.34. The molecule has 4 nitrogen and oxygen atoms in total. The molecule has 0 aliphatic heterocycles. The number of amides is 1. The molecule has 0 saturated carbocycles. The molecule has 1 aromatic heterocycles. The van der Waals surface area contributed by atoms with E-state index in [0.29, 0.717) is 10.6 Å². The van der Waals surface area contributed by atoms with Crippen molar-refractivity contribution < 1.29 is 4.79 Å². The number of nitrogens with one attached hydrogen (secondary N) is 1.